The van der Waals surface area contributed by atoms with Crippen molar-refractivity contribution < 1.29 is 22.0 Å². The van der Waals surface area contributed by atoms with Gasteiger partial charge in [-0.25, -0.2) is 22.0 Å². The van der Waals surface area contributed by atoms with Crippen molar-refractivity contribution in [3.8, 4) is 11.1 Å². The summed E-state index contributed by atoms with van der Waals surface area (Å²) in [6.45, 7) is 3.13. The van der Waals surface area contributed by atoms with Crippen LogP contribution in [0.3, 0.4) is 0 Å². The average molecular weight is 376 g/mol. The van der Waals surface area contributed by atoms with Gasteiger partial charge >= 0.3 is 0 Å². The molecule has 0 amide bonds. The van der Waals surface area contributed by atoms with Crippen LogP contribution >= 0.6 is 0 Å². The average Bonchev–Trinajstić information content (AvgIpc) is 2.60. The Morgan fingerprint density at radius 2 is 1.33 bits per heavy atom. The molecule has 140 valence electrons. The van der Waals surface area contributed by atoms with Crippen LogP contribution in [0.1, 0.15) is 22.3 Å². The first-order valence-corrected chi connectivity index (χ1v) is 8.46. The summed E-state index contributed by atoms with van der Waals surface area (Å²) in [5.41, 5.74) is 0.499. The molecule has 0 saturated heterocycles. The van der Waals surface area contributed by atoms with Crippen LogP contribution < -0.4 is 0 Å². The van der Waals surface area contributed by atoms with Crippen molar-refractivity contribution in [2.75, 3.05) is 0 Å². The van der Waals surface area contributed by atoms with Crippen LogP contribution in [0.4, 0.5) is 22.0 Å². The van der Waals surface area contributed by atoms with Gasteiger partial charge in [0.15, 0.2) is 11.6 Å². The largest absolute Gasteiger partial charge is 0.207 e. The molecule has 0 bridgehead atoms. The van der Waals surface area contributed by atoms with E-state index in [2.05, 4.69) is 0 Å². The molecular weight excluding hydrogens is 359 g/mol. The van der Waals surface area contributed by atoms with Crippen LogP contribution in [-0.2, 0) is 12.8 Å². The van der Waals surface area contributed by atoms with Gasteiger partial charge in [0, 0.05) is 5.56 Å². The van der Waals surface area contributed by atoms with E-state index in [1.807, 2.05) is 0 Å². The maximum atomic E-state index is 14.5. The van der Waals surface area contributed by atoms with Gasteiger partial charge in [0.1, 0.15) is 17.5 Å². The highest BCUT2D eigenvalue weighted by molar-refractivity contribution is 5.66. The topological polar surface area (TPSA) is 0 Å². The van der Waals surface area contributed by atoms with Crippen molar-refractivity contribution in [1.29, 1.82) is 0 Å². The highest BCUT2D eigenvalue weighted by Crippen LogP contribution is 2.31. The predicted octanol–water partition coefficient (Wildman–Crippen LogP) is 6.45. The quantitative estimate of drug-likeness (QED) is 0.459. The van der Waals surface area contributed by atoms with E-state index >= 15 is 0 Å². The first-order chi connectivity index (χ1) is 12.8. The molecule has 3 aromatic carbocycles. The summed E-state index contributed by atoms with van der Waals surface area (Å²) in [5.74, 6) is -4.77. The smallest absolute Gasteiger partial charge is 0.167 e. The second-order valence-electron chi connectivity index (χ2n) is 6.59. The second kappa shape index (κ2) is 7.51. The van der Waals surface area contributed by atoms with Gasteiger partial charge in [0.25, 0.3) is 0 Å². The summed E-state index contributed by atoms with van der Waals surface area (Å²) in [6.07, 6.45) is 0.469. The molecule has 0 aliphatic rings. The van der Waals surface area contributed by atoms with E-state index in [0.717, 1.165) is 23.8 Å². The summed E-state index contributed by atoms with van der Waals surface area (Å²) in [5, 5.41) is 0. The zero-order chi connectivity index (χ0) is 19.7. The third kappa shape index (κ3) is 3.87. The van der Waals surface area contributed by atoms with Gasteiger partial charge in [-0.05, 0) is 67.1 Å². The van der Waals surface area contributed by atoms with Gasteiger partial charge in [-0.15, -0.1) is 0 Å². The number of benzene rings is 3. The molecule has 0 N–H and O–H groups in total. The fourth-order valence-electron chi connectivity index (χ4n) is 3.00. The van der Waals surface area contributed by atoms with Gasteiger partial charge in [-0.3, -0.25) is 0 Å². The van der Waals surface area contributed by atoms with E-state index in [9.17, 15) is 22.0 Å². The van der Waals surface area contributed by atoms with Crippen molar-refractivity contribution in [2.24, 2.45) is 0 Å². The van der Waals surface area contributed by atoms with Gasteiger partial charge in [0.2, 0.25) is 0 Å². The van der Waals surface area contributed by atoms with Gasteiger partial charge in [-0.1, -0.05) is 24.3 Å². The highest BCUT2D eigenvalue weighted by Gasteiger charge is 2.20. The Labute approximate surface area is 154 Å². The number of hydrogen-bond donors (Lipinski definition) is 0. The Morgan fingerprint density at radius 3 is 1.96 bits per heavy atom. The molecule has 0 aliphatic carbocycles. The van der Waals surface area contributed by atoms with Gasteiger partial charge in [0.05, 0.1) is 5.56 Å². The normalized spacial score (nSPS) is 11.1. The lowest BCUT2D eigenvalue weighted by atomic mass is 9.97. The Balaban J connectivity index is 1.90. The maximum absolute atomic E-state index is 14.5. The zero-order valence-electron chi connectivity index (χ0n) is 14.8. The summed E-state index contributed by atoms with van der Waals surface area (Å²) in [4.78, 5) is 0. The number of aryl methyl sites for hydroxylation is 4. The van der Waals surface area contributed by atoms with Crippen molar-refractivity contribution in [2.45, 2.75) is 26.7 Å². The predicted molar refractivity (Wildman–Crippen MR) is 95.0 cm³/mol. The summed E-state index contributed by atoms with van der Waals surface area (Å²) in [7, 11) is 0. The lowest BCUT2D eigenvalue weighted by molar-refractivity contribution is 0.503. The molecule has 0 heterocycles. The first kappa shape index (κ1) is 19.1. The number of rotatable bonds is 4. The zero-order valence-corrected chi connectivity index (χ0v) is 14.8. The third-order valence-corrected chi connectivity index (χ3v) is 4.54. The molecule has 0 saturated carbocycles. The Hall–Kier alpha value is -2.69. The number of halogens is 5. The molecule has 3 rings (SSSR count). The Morgan fingerprint density at radius 1 is 0.667 bits per heavy atom. The lowest BCUT2D eigenvalue weighted by Crippen LogP contribution is -2.01. The fraction of sp³-hybridized carbons (Fsp3) is 0.182. The van der Waals surface area contributed by atoms with E-state index in [0.29, 0.717) is 11.1 Å². The minimum absolute atomic E-state index is 0.0498. The molecule has 27 heavy (non-hydrogen) atoms. The second-order valence-corrected chi connectivity index (χ2v) is 6.59. The van der Waals surface area contributed by atoms with Crippen molar-refractivity contribution >= 4 is 0 Å². The maximum Gasteiger partial charge on any atom is 0.167 e. The van der Waals surface area contributed by atoms with E-state index in [1.165, 1.54) is 19.1 Å². The molecule has 0 nitrogen and oxygen atoms in total. The molecule has 0 aromatic heterocycles. The van der Waals surface area contributed by atoms with E-state index in [1.54, 1.807) is 19.1 Å². The SMILES string of the molecule is Cc1ccc(CCc2cc(F)c(-c3ccc(C)c(F)c3F)c(F)c2)c(F)c1. The van der Waals surface area contributed by atoms with Crippen molar-refractivity contribution in [3.63, 3.8) is 0 Å². The molecule has 0 radical (unpaired) electrons. The molecule has 0 atom stereocenters. The standard InChI is InChI=1S/C22H17F5/c1-12-3-6-15(17(23)9-12)7-5-14-10-18(24)20(19(25)11-14)16-8-4-13(2)21(26)22(16)27/h3-4,6,8-11H,5,7H2,1-2H3. The summed E-state index contributed by atoms with van der Waals surface area (Å²) in [6, 6.07) is 9.35. The van der Waals surface area contributed by atoms with E-state index < -0.39 is 34.4 Å². The van der Waals surface area contributed by atoms with E-state index in [-0.39, 0.29) is 24.2 Å². The monoisotopic (exact) mass is 376 g/mol. The first-order valence-electron chi connectivity index (χ1n) is 8.46. The van der Waals surface area contributed by atoms with Crippen LogP contribution in [0.25, 0.3) is 11.1 Å². The third-order valence-electron chi connectivity index (χ3n) is 4.54. The van der Waals surface area contributed by atoms with E-state index in [4.69, 9.17) is 0 Å². The molecule has 0 fully saturated rings. The van der Waals surface area contributed by atoms with Crippen LogP contribution in [0.5, 0.6) is 0 Å². The summed E-state index contributed by atoms with van der Waals surface area (Å²) < 4.78 is 70.7. The molecule has 3 aromatic rings. The highest BCUT2D eigenvalue weighted by atomic mass is 19.2. The van der Waals surface area contributed by atoms with Crippen LogP contribution in [0.15, 0.2) is 42.5 Å². The van der Waals surface area contributed by atoms with Gasteiger partial charge in [-0.2, -0.15) is 0 Å². The minimum Gasteiger partial charge on any atom is -0.207 e. The van der Waals surface area contributed by atoms with Crippen molar-refractivity contribution in [1.82, 2.24) is 0 Å². The lowest BCUT2D eigenvalue weighted by Gasteiger charge is -2.11. The molecule has 0 unspecified atom stereocenters. The van der Waals surface area contributed by atoms with Gasteiger partial charge < -0.3 is 0 Å². The fourth-order valence-corrected chi connectivity index (χ4v) is 3.00. The molecule has 0 spiro atoms. The summed E-state index contributed by atoms with van der Waals surface area (Å²) >= 11 is 0. The van der Waals surface area contributed by atoms with Crippen LogP contribution in [0.2, 0.25) is 0 Å². The number of hydrogen-bond acceptors (Lipinski definition) is 0. The molecule has 0 aliphatic heterocycles. The van der Waals surface area contributed by atoms with Crippen molar-refractivity contribution in [3.05, 3.63) is 93.8 Å². The van der Waals surface area contributed by atoms with Crippen LogP contribution in [0, 0.1) is 42.9 Å². The Kier molecular flexibility index (Phi) is 5.31. The minimum atomic E-state index is -1.29. The Bertz CT molecular complexity index is 985. The molecule has 5 heteroatoms. The van der Waals surface area contributed by atoms with Crippen LogP contribution in [-0.4, -0.2) is 0 Å². The molecular formula is C22H17F5.